The SMILES string of the molecule is C/C=C/CCC1C=CC=CC=C1. The van der Waals surface area contributed by atoms with Crippen molar-refractivity contribution in [2.75, 3.05) is 0 Å². The lowest BCUT2D eigenvalue weighted by molar-refractivity contribution is 0.722. The molecule has 0 fully saturated rings. The molecular formula is C12H16. The highest BCUT2D eigenvalue weighted by Crippen LogP contribution is 2.12. The van der Waals surface area contributed by atoms with Gasteiger partial charge in [-0.15, -0.1) is 0 Å². The standard InChI is InChI=1S/C12H16/c1-2-3-6-9-12-10-7-4-5-8-11-12/h2-5,7-8,10-12H,6,9H2,1H3/b3-2+. The van der Waals surface area contributed by atoms with Crippen molar-refractivity contribution in [3.05, 3.63) is 48.6 Å². The van der Waals surface area contributed by atoms with E-state index in [1.807, 2.05) is 0 Å². The normalized spacial score (nSPS) is 17.4. The van der Waals surface area contributed by atoms with Gasteiger partial charge < -0.3 is 0 Å². The summed E-state index contributed by atoms with van der Waals surface area (Å²) in [5.41, 5.74) is 0. The molecule has 0 spiro atoms. The Bertz CT molecular complexity index is 200. The molecule has 0 heteroatoms. The van der Waals surface area contributed by atoms with E-state index in [1.54, 1.807) is 0 Å². The minimum atomic E-state index is 0.621. The number of allylic oxidation sites excluding steroid dienone is 8. The Balaban J connectivity index is 2.32. The summed E-state index contributed by atoms with van der Waals surface area (Å²) >= 11 is 0. The van der Waals surface area contributed by atoms with Crippen molar-refractivity contribution in [1.82, 2.24) is 0 Å². The quantitative estimate of drug-likeness (QED) is 0.553. The fourth-order valence-corrected chi connectivity index (χ4v) is 1.25. The Hall–Kier alpha value is -1.04. The Morgan fingerprint density at radius 1 is 1.08 bits per heavy atom. The second kappa shape index (κ2) is 5.59. The van der Waals surface area contributed by atoms with Crippen LogP contribution in [-0.4, -0.2) is 0 Å². The van der Waals surface area contributed by atoms with Crippen molar-refractivity contribution >= 4 is 0 Å². The van der Waals surface area contributed by atoms with Gasteiger partial charge >= 0.3 is 0 Å². The van der Waals surface area contributed by atoms with Gasteiger partial charge in [-0.25, -0.2) is 0 Å². The van der Waals surface area contributed by atoms with Gasteiger partial charge in [-0.3, -0.25) is 0 Å². The van der Waals surface area contributed by atoms with Crippen LogP contribution in [0.25, 0.3) is 0 Å². The van der Waals surface area contributed by atoms with Gasteiger partial charge in [0, 0.05) is 0 Å². The van der Waals surface area contributed by atoms with Gasteiger partial charge in [0.15, 0.2) is 0 Å². The molecule has 0 heterocycles. The molecule has 0 atom stereocenters. The number of hydrogen-bond donors (Lipinski definition) is 0. The summed E-state index contributed by atoms with van der Waals surface area (Å²) in [6.07, 6.45) is 19.6. The van der Waals surface area contributed by atoms with Crippen molar-refractivity contribution in [3.8, 4) is 0 Å². The predicted octanol–water partition coefficient (Wildman–Crippen LogP) is 3.64. The van der Waals surface area contributed by atoms with Crippen LogP contribution in [-0.2, 0) is 0 Å². The third-order valence-corrected chi connectivity index (χ3v) is 1.95. The lowest BCUT2D eigenvalue weighted by Crippen LogP contribution is -1.89. The largest absolute Gasteiger partial charge is 0.0917 e. The van der Waals surface area contributed by atoms with Gasteiger partial charge in [0.25, 0.3) is 0 Å². The first-order valence-corrected chi connectivity index (χ1v) is 4.56. The zero-order valence-electron chi connectivity index (χ0n) is 7.61. The second-order valence-corrected chi connectivity index (χ2v) is 2.96. The van der Waals surface area contributed by atoms with E-state index in [4.69, 9.17) is 0 Å². The zero-order chi connectivity index (χ0) is 8.65. The van der Waals surface area contributed by atoms with E-state index >= 15 is 0 Å². The number of rotatable bonds is 3. The van der Waals surface area contributed by atoms with Crippen LogP contribution in [0.2, 0.25) is 0 Å². The first-order valence-electron chi connectivity index (χ1n) is 4.56. The van der Waals surface area contributed by atoms with Crippen LogP contribution in [0.3, 0.4) is 0 Å². The molecule has 0 amide bonds. The Morgan fingerprint density at radius 2 is 1.75 bits per heavy atom. The Morgan fingerprint density at radius 3 is 2.33 bits per heavy atom. The van der Waals surface area contributed by atoms with Gasteiger partial charge in [0.05, 0.1) is 0 Å². The highest BCUT2D eigenvalue weighted by molar-refractivity contribution is 5.19. The van der Waals surface area contributed by atoms with E-state index < -0.39 is 0 Å². The number of hydrogen-bond acceptors (Lipinski definition) is 0. The molecule has 1 rings (SSSR count). The molecule has 1 aliphatic rings. The lowest BCUT2D eigenvalue weighted by atomic mass is 10.0. The van der Waals surface area contributed by atoms with E-state index in [0.29, 0.717) is 5.92 Å². The van der Waals surface area contributed by atoms with Crippen molar-refractivity contribution in [1.29, 1.82) is 0 Å². The lowest BCUT2D eigenvalue weighted by Gasteiger charge is -2.03. The summed E-state index contributed by atoms with van der Waals surface area (Å²) in [5, 5.41) is 0. The average molecular weight is 160 g/mol. The van der Waals surface area contributed by atoms with Crippen LogP contribution in [0, 0.1) is 5.92 Å². The molecule has 0 radical (unpaired) electrons. The fraction of sp³-hybridized carbons (Fsp3) is 0.333. The van der Waals surface area contributed by atoms with E-state index in [2.05, 4.69) is 55.5 Å². The van der Waals surface area contributed by atoms with Gasteiger partial charge in [0.1, 0.15) is 0 Å². The molecule has 0 nitrogen and oxygen atoms in total. The van der Waals surface area contributed by atoms with Crippen LogP contribution in [0.5, 0.6) is 0 Å². The maximum atomic E-state index is 2.25. The summed E-state index contributed by atoms with van der Waals surface area (Å²) < 4.78 is 0. The maximum absolute atomic E-state index is 2.25. The van der Waals surface area contributed by atoms with E-state index in [0.717, 1.165) is 0 Å². The maximum Gasteiger partial charge on any atom is -0.00443 e. The van der Waals surface area contributed by atoms with Crippen LogP contribution < -0.4 is 0 Å². The van der Waals surface area contributed by atoms with Crippen LogP contribution in [0.1, 0.15) is 19.8 Å². The van der Waals surface area contributed by atoms with Gasteiger partial charge in [-0.1, -0.05) is 48.6 Å². The second-order valence-electron chi connectivity index (χ2n) is 2.96. The molecule has 64 valence electrons. The minimum Gasteiger partial charge on any atom is -0.0917 e. The third kappa shape index (κ3) is 3.38. The average Bonchev–Trinajstić information content (AvgIpc) is 2.33. The molecule has 0 aliphatic heterocycles. The molecule has 12 heavy (non-hydrogen) atoms. The highest BCUT2D eigenvalue weighted by Gasteiger charge is 1.97. The molecule has 1 aliphatic carbocycles. The van der Waals surface area contributed by atoms with Crippen LogP contribution >= 0.6 is 0 Å². The van der Waals surface area contributed by atoms with Crippen molar-refractivity contribution < 1.29 is 0 Å². The van der Waals surface area contributed by atoms with Crippen LogP contribution in [0.15, 0.2) is 48.6 Å². The van der Waals surface area contributed by atoms with Gasteiger partial charge in [-0.2, -0.15) is 0 Å². The molecule has 0 aromatic rings. The Labute approximate surface area is 75.0 Å². The minimum absolute atomic E-state index is 0.621. The van der Waals surface area contributed by atoms with Crippen molar-refractivity contribution in [3.63, 3.8) is 0 Å². The molecule has 0 unspecified atom stereocenters. The van der Waals surface area contributed by atoms with Gasteiger partial charge in [-0.05, 0) is 25.7 Å². The van der Waals surface area contributed by atoms with E-state index in [-0.39, 0.29) is 0 Å². The molecular weight excluding hydrogens is 144 g/mol. The molecule has 0 saturated heterocycles. The van der Waals surface area contributed by atoms with Crippen LogP contribution in [0.4, 0.5) is 0 Å². The highest BCUT2D eigenvalue weighted by atomic mass is 14.0. The molecule has 0 N–H and O–H groups in total. The summed E-state index contributed by atoms with van der Waals surface area (Å²) in [5.74, 6) is 0.621. The Kier molecular flexibility index (Phi) is 4.22. The van der Waals surface area contributed by atoms with Crippen molar-refractivity contribution in [2.24, 2.45) is 5.92 Å². The third-order valence-electron chi connectivity index (χ3n) is 1.95. The fourth-order valence-electron chi connectivity index (χ4n) is 1.25. The summed E-state index contributed by atoms with van der Waals surface area (Å²) in [6.45, 7) is 2.07. The zero-order valence-corrected chi connectivity index (χ0v) is 7.61. The molecule has 0 bridgehead atoms. The monoisotopic (exact) mass is 160 g/mol. The van der Waals surface area contributed by atoms with E-state index in [1.165, 1.54) is 12.8 Å². The predicted molar refractivity (Wildman–Crippen MR) is 55.0 cm³/mol. The first-order chi connectivity index (χ1) is 5.93. The smallest absolute Gasteiger partial charge is 0.00443 e. The first kappa shape index (κ1) is 9.05. The summed E-state index contributed by atoms with van der Waals surface area (Å²) in [4.78, 5) is 0. The van der Waals surface area contributed by atoms with E-state index in [9.17, 15) is 0 Å². The topological polar surface area (TPSA) is 0 Å². The summed E-state index contributed by atoms with van der Waals surface area (Å²) in [7, 11) is 0. The van der Waals surface area contributed by atoms with Gasteiger partial charge in [0.2, 0.25) is 0 Å². The molecule has 0 aromatic heterocycles. The van der Waals surface area contributed by atoms with Crippen molar-refractivity contribution in [2.45, 2.75) is 19.8 Å². The molecule has 0 aromatic carbocycles. The summed E-state index contributed by atoms with van der Waals surface area (Å²) in [6, 6.07) is 0. The molecule has 0 saturated carbocycles.